The molecular weight excluding hydrogens is 518 g/mol. The number of fused-ring (bicyclic) bond motifs is 1. The first-order valence-corrected chi connectivity index (χ1v) is 12.7. The highest BCUT2D eigenvalue weighted by Gasteiger charge is 2.21. The third-order valence-corrected chi connectivity index (χ3v) is 6.09. The van der Waals surface area contributed by atoms with Gasteiger partial charge in [0.2, 0.25) is 12.3 Å². The summed E-state index contributed by atoms with van der Waals surface area (Å²) in [7, 11) is 3.27. The number of rotatable bonds is 8. The van der Waals surface area contributed by atoms with Crippen molar-refractivity contribution in [2.24, 2.45) is 5.73 Å². The molecular formula is C25H28F2N6O2S2. The number of aromatic nitrogens is 2. The smallest absolute Gasteiger partial charge is 0.240 e. The van der Waals surface area contributed by atoms with E-state index in [2.05, 4.69) is 31.2 Å². The van der Waals surface area contributed by atoms with E-state index in [0.717, 1.165) is 29.4 Å². The lowest BCUT2D eigenvalue weighted by Crippen LogP contribution is -2.43. The van der Waals surface area contributed by atoms with Crippen molar-refractivity contribution in [3.63, 3.8) is 0 Å². The van der Waals surface area contributed by atoms with E-state index in [1.807, 2.05) is 41.9 Å². The van der Waals surface area contributed by atoms with Crippen molar-refractivity contribution in [2.75, 3.05) is 14.1 Å². The summed E-state index contributed by atoms with van der Waals surface area (Å²) in [4.78, 5) is 30.6. The Kier molecular flexibility index (Phi) is 13.1. The van der Waals surface area contributed by atoms with Gasteiger partial charge in [-0.05, 0) is 48.4 Å². The number of hydrogen-bond donors (Lipinski definition) is 3. The number of nitrogens with zero attached hydrogens (tertiary/aromatic N) is 3. The fourth-order valence-electron chi connectivity index (χ4n) is 2.98. The number of nitrogens with one attached hydrogen (secondary N) is 2. The van der Waals surface area contributed by atoms with Crippen molar-refractivity contribution in [2.45, 2.75) is 19.0 Å². The first-order chi connectivity index (χ1) is 17.8. The van der Waals surface area contributed by atoms with Crippen LogP contribution in [0.2, 0.25) is 0 Å². The maximum absolute atomic E-state index is 13.4. The van der Waals surface area contributed by atoms with E-state index < -0.39 is 17.7 Å². The highest BCUT2D eigenvalue weighted by molar-refractivity contribution is 7.95. The lowest BCUT2D eigenvalue weighted by atomic mass is 10.1. The minimum Gasteiger partial charge on any atom is -0.372 e. The predicted molar refractivity (Wildman–Crippen MR) is 144 cm³/mol. The second-order valence-corrected chi connectivity index (χ2v) is 9.20. The van der Waals surface area contributed by atoms with Crippen LogP contribution in [0.1, 0.15) is 11.3 Å². The maximum atomic E-state index is 13.4. The van der Waals surface area contributed by atoms with E-state index in [4.69, 9.17) is 4.79 Å². The Hall–Kier alpha value is -3.45. The van der Waals surface area contributed by atoms with Crippen LogP contribution < -0.4 is 15.2 Å². The Morgan fingerprint density at radius 1 is 1.11 bits per heavy atom. The van der Waals surface area contributed by atoms with Gasteiger partial charge in [-0.1, -0.05) is 18.2 Å². The molecule has 2 amide bonds. The number of carbonyl (C=O) groups is 2. The molecule has 0 aliphatic carbocycles. The fourth-order valence-corrected chi connectivity index (χ4v) is 4.29. The molecule has 4 rings (SSSR count). The zero-order valence-corrected chi connectivity index (χ0v) is 21.9. The van der Waals surface area contributed by atoms with Gasteiger partial charge in [0.1, 0.15) is 17.7 Å². The third kappa shape index (κ3) is 11.0. The molecule has 0 radical (unpaired) electrons. The lowest BCUT2D eigenvalue weighted by molar-refractivity contribution is -0.130. The average Bonchev–Trinajstić information content (AvgIpc) is 3.35. The molecule has 2 heterocycles. The molecule has 1 atom stereocenters. The fraction of sp³-hybridized carbons (Fsp3) is 0.200. The summed E-state index contributed by atoms with van der Waals surface area (Å²) in [6.45, 7) is 0.510. The zero-order valence-electron chi connectivity index (χ0n) is 20.3. The second-order valence-electron chi connectivity index (χ2n) is 7.59. The minimum atomic E-state index is -0.660. The van der Waals surface area contributed by atoms with Gasteiger partial charge in [-0.15, -0.1) is 11.3 Å². The van der Waals surface area contributed by atoms with Crippen LogP contribution in [-0.4, -0.2) is 47.3 Å². The van der Waals surface area contributed by atoms with Crippen LogP contribution in [0.25, 0.3) is 10.2 Å². The average molecular weight is 547 g/mol. The van der Waals surface area contributed by atoms with Crippen molar-refractivity contribution in [1.29, 1.82) is 0 Å². The number of primary amides is 1. The number of thiazole rings is 1. The molecule has 37 heavy (non-hydrogen) atoms. The highest BCUT2D eigenvalue weighted by atomic mass is 32.2. The van der Waals surface area contributed by atoms with Gasteiger partial charge in [-0.2, -0.15) is 0 Å². The number of likely N-dealkylation sites (N-methyl/N-ethyl adjacent to an activating group) is 1. The number of hydrogen-bond acceptors (Lipinski definition) is 8. The Morgan fingerprint density at radius 3 is 2.41 bits per heavy atom. The van der Waals surface area contributed by atoms with Gasteiger partial charge >= 0.3 is 0 Å². The number of para-hydroxylation sites is 1. The van der Waals surface area contributed by atoms with Crippen LogP contribution in [0.15, 0.2) is 72.4 Å². The van der Waals surface area contributed by atoms with Crippen LogP contribution in [-0.2, 0) is 22.6 Å². The summed E-state index contributed by atoms with van der Waals surface area (Å²) < 4.78 is 34.0. The van der Waals surface area contributed by atoms with Gasteiger partial charge in [0.05, 0.1) is 21.4 Å². The number of nitrogens with two attached hydrogens (primary N) is 1. The quantitative estimate of drug-likeness (QED) is 0.175. The van der Waals surface area contributed by atoms with E-state index in [-0.39, 0.29) is 18.7 Å². The SMILES string of the molecule is CN(C)C(=O)C(Cc1cc(F)cc(F)c1)NSNCc1ccccn1.NC=O.c1ccc2scnc2c1. The third-order valence-electron chi connectivity index (χ3n) is 4.59. The molecule has 4 N–H and O–H groups in total. The van der Waals surface area contributed by atoms with E-state index in [1.54, 1.807) is 31.6 Å². The van der Waals surface area contributed by atoms with Crippen LogP contribution in [0.3, 0.4) is 0 Å². The van der Waals surface area contributed by atoms with Crippen LogP contribution in [0, 0.1) is 11.6 Å². The highest BCUT2D eigenvalue weighted by Crippen LogP contribution is 2.15. The van der Waals surface area contributed by atoms with Crippen LogP contribution in [0.4, 0.5) is 8.78 Å². The molecule has 2 aromatic carbocycles. The molecule has 2 aromatic heterocycles. The topological polar surface area (TPSA) is 113 Å². The Bertz CT molecular complexity index is 1190. The molecule has 0 aliphatic rings. The van der Waals surface area contributed by atoms with E-state index in [9.17, 15) is 13.6 Å². The van der Waals surface area contributed by atoms with E-state index in [1.165, 1.54) is 21.7 Å². The summed E-state index contributed by atoms with van der Waals surface area (Å²) >= 11 is 2.83. The molecule has 0 spiro atoms. The molecule has 12 heteroatoms. The lowest BCUT2D eigenvalue weighted by Gasteiger charge is -2.21. The van der Waals surface area contributed by atoms with Gasteiger partial charge < -0.3 is 10.6 Å². The standard InChI is InChI=1S/C17H20F2N4OS.C7H5NS.CH3NO/c1-23(2)17(24)16(9-12-7-13(18)10-14(19)8-12)22-25-21-11-15-5-3-4-6-20-15;1-2-4-7-6(3-1)8-5-9-7;2-1-3/h3-8,10,16,21-22H,9,11H2,1-2H3;1-5H;1H,(H2,2,3). The molecule has 4 aromatic rings. The predicted octanol–water partition coefficient (Wildman–Crippen LogP) is 3.70. The van der Waals surface area contributed by atoms with Gasteiger partial charge in [0.25, 0.3) is 0 Å². The number of halogens is 2. The van der Waals surface area contributed by atoms with Gasteiger partial charge in [0, 0.05) is 45.0 Å². The molecule has 0 saturated heterocycles. The summed E-state index contributed by atoms with van der Waals surface area (Å²) in [6.07, 6.45) is 2.12. The summed E-state index contributed by atoms with van der Waals surface area (Å²) in [6, 6.07) is 16.4. The second kappa shape index (κ2) is 16.3. The zero-order chi connectivity index (χ0) is 27.0. The van der Waals surface area contributed by atoms with Gasteiger partial charge in [-0.25, -0.2) is 23.2 Å². The van der Waals surface area contributed by atoms with Crippen molar-refractivity contribution in [3.05, 3.63) is 95.3 Å². The van der Waals surface area contributed by atoms with Crippen molar-refractivity contribution in [3.8, 4) is 0 Å². The molecule has 196 valence electrons. The molecule has 0 saturated carbocycles. The number of amides is 2. The largest absolute Gasteiger partial charge is 0.372 e. The summed E-state index contributed by atoms with van der Waals surface area (Å²) in [5.41, 5.74) is 8.41. The molecule has 8 nitrogen and oxygen atoms in total. The monoisotopic (exact) mass is 546 g/mol. The first-order valence-electron chi connectivity index (χ1n) is 11.0. The first kappa shape index (κ1) is 29.8. The molecule has 0 fully saturated rings. The maximum Gasteiger partial charge on any atom is 0.240 e. The molecule has 0 aliphatic heterocycles. The van der Waals surface area contributed by atoms with Gasteiger partial charge in [-0.3, -0.25) is 14.6 Å². The van der Waals surface area contributed by atoms with E-state index in [0.29, 0.717) is 12.1 Å². The molecule has 0 bridgehead atoms. The van der Waals surface area contributed by atoms with Crippen molar-refractivity contribution < 1.29 is 18.4 Å². The Labute approximate surface area is 222 Å². The molecule has 1 unspecified atom stereocenters. The Morgan fingerprint density at radius 2 is 1.78 bits per heavy atom. The summed E-state index contributed by atoms with van der Waals surface area (Å²) in [5, 5.41) is 0. The summed E-state index contributed by atoms with van der Waals surface area (Å²) in [5.74, 6) is -1.50. The van der Waals surface area contributed by atoms with Crippen LogP contribution >= 0.6 is 23.5 Å². The number of benzene rings is 2. The van der Waals surface area contributed by atoms with Crippen LogP contribution in [0.5, 0.6) is 0 Å². The number of carbonyl (C=O) groups excluding carboxylic acids is 2. The number of pyridine rings is 1. The Balaban J connectivity index is 0.000000327. The van der Waals surface area contributed by atoms with Gasteiger partial charge in [0.15, 0.2) is 0 Å². The van der Waals surface area contributed by atoms with Crippen molar-refractivity contribution in [1.82, 2.24) is 24.3 Å². The van der Waals surface area contributed by atoms with Crippen molar-refractivity contribution >= 4 is 46.0 Å². The minimum absolute atomic E-state index is 0.171. The van der Waals surface area contributed by atoms with E-state index >= 15 is 0 Å². The normalized spacial score (nSPS) is 10.9.